The van der Waals surface area contributed by atoms with E-state index in [0.29, 0.717) is 59.7 Å². The number of hydrogen-bond acceptors (Lipinski definition) is 7. The van der Waals surface area contributed by atoms with Gasteiger partial charge in [0.15, 0.2) is 0 Å². The van der Waals surface area contributed by atoms with Gasteiger partial charge in [-0.15, -0.1) is 5.10 Å². The SMILES string of the molecule is Cc1nc(-c2nnn(C)c2COC(=O)N(C)C[C@H]2C[C@@H]2C)ccc1O[C@H]1CCC[C@@H](C(=O)O)C1. The highest BCUT2D eigenvalue weighted by Crippen LogP contribution is 2.38. The molecule has 2 aromatic rings. The monoisotopic (exact) mass is 471 g/mol. The van der Waals surface area contributed by atoms with Crippen LogP contribution in [0.2, 0.25) is 0 Å². The fourth-order valence-electron chi connectivity index (χ4n) is 4.52. The van der Waals surface area contributed by atoms with Crippen LogP contribution in [0.25, 0.3) is 11.4 Å². The third-order valence-corrected chi connectivity index (χ3v) is 6.92. The topological polar surface area (TPSA) is 120 Å². The average Bonchev–Trinajstić information content (AvgIpc) is 3.37. The van der Waals surface area contributed by atoms with Gasteiger partial charge in [0.05, 0.1) is 23.4 Å². The Morgan fingerprint density at radius 3 is 2.71 bits per heavy atom. The molecule has 2 fully saturated rings. The Morgan fingerprint density at radius 1 is 1.26 bits per heavy atom. The molecule has 0 bridgehead atoms. The Kier molecular flexibility index (Phi) is 7.04. The van der Waals surface area contributed by atoms with Crippen molar-refractivity contribution in [2.24, 2.45) is 24.8 Å². The fourth-order valence-corrected chi connectivity index (χ4v) is 4.52. The molecule has 0 radical (unpaired) electrons. The van der Waals surface area contributed by atoms with Gasteiger partial charge in [0.1, 0.15) is 23.7 Å². The van der Waals surface area contributed by atoms with Gasteiger partial charge in [0.25, 0.3) is 0 Å². The summed E-state index contributed by atoms with van der Waals surface area (Å²) in [5, 5.41) is 17.6. The first-order valence-electron chi connectivity index (χ1n) is 11.9. The molecule has 4 rings (SSSR count). The summed E-state index contributed by atoms with van der Waals surface area (Å²) in [4.78, 5) is 30.0. The maximum absolute atomic E-state index is 12.4. The summed E-state index contributed by atoms with van der Waals surface area (Å²) in [5.41, 5.74) is 2.49. The third-order valence-electron chi connectivity index (χ3n) is 6.92. The van der Waals surface area contributed by atoms with Crippen molar-refractivity contribution < 1.29 is 24.2 Å². The number of nitrogens with zero attached hydrogens (tertiary/aromatic N) is 5. The molecular weight excluding hydrogens is 438 g/mol. The van der Waals surface area contributed by atoms with E-state index in [-0.39, 0.29) is 24.7 Å². The zero-order chi connectivity index (χ0) is 24.4. The summed E-state index contributed by atoms with van der Waals surface area (Å²) in [7, 11) is 3.51. The molecule has 1 amide bonds. The number of hydrogen-bond donors (Lipinski definition) is 1. The van der Waals surface area contributed by atoms with Gasteiger partial charge in [-0.2, -0.15) is 0 Å². The second-order valence-electron chi connectivity index (χ2n) is 9.64. The molecule has 0 unspecified atom stereocenters. The van der Waals surface area contributed by atoms with E-state index in [2.05, 4.69) is 22.2 Å². The molecule has 0 saturated heterocycles. The van der Waals surface area contributed by atoms with Gasteiger partial charge in [-0.25, -0.2) is 14.5 Å². The van der Waals surface area contributed by atoms with E-state index < -0.39 is 5.97 Å². The molecule has 2 aliphatic rings. The van der Waals surface area contributed by atoms with Crippen LogP contribution in [-0.2, 0) is 23.2 Å². The normalized spacial score (nSPS) is 23.9. The van der Waals surface area contributed by atoms with E-state index in [0.717, 1.165) is 19.3 Å². The van der Waals surface area contributed by atoms with Crippen molar-refractivity contribution in [3.8, 4) is 17.1 Å². The van der Waals surface area contributed by atoms with Gasteiger partial charge < -0.3 is 19.5 Å². The summed E-state index contributed by atoms with van der Waals surface area (Å²) >= 11 is 0. The van der Waals surface area contributed by atoms with E-state index >= 15 is 0 Å². The number of ether oxygens (including phenoxy) is 2. The Balaban J connectivity index is 1.41. The molecule has 4 atom stereocenters. The number of aliphatic carboxylic acids is 1. The molecule has 2 aliphatic carbocycles. The van der Waals surface area contributed by atoms with Gasteiger partial charge in [0.2, 0.25) is 0 Å². The number of aryl methyl sites for hydroxylation is 2. The van der Waals surface area contributed by atoms with Crippen LogP contribution in [0.3, 0.4) is 0 Å². The summed E-state index contributed by atoms with van der Waals surface area (Å²) in [6.07, 6.45) is 3.51. The highest BCUT2D eigenvalue weighted by Gasteiger charge is 2.34. The van der Waals surface area contributed by atoms with Gasteiger partial charge in [-0.05, 0) is 63.0 Å². The maximum atomic E-state index is 12.4. The summed E-state index contributed by atoms with van der Waals surface area (Å²) in [5.74, 6) is 0.738. The van der Waals surface area contributed by atoms with Crippen LogP contribution in [0.1, 0.15) is 50.4 Å². The molecule has 10 nitrogen and oxygen atoms in total. The van der Waals surface area contributed by atoms with Crippen LogP contribution in [0.15, 0.2) is 12.1 Å². The van der Waals surface area contributed by atoms with Crippen molar-refractivity contribution in [2.75, 3.05) is 13.6 Å². The van der Waals surface area contributed by atoms with Gasteiger partial charge in [0, 0.05) is 20.6 Å². The lowest BCUT2D eigenvalue weighted by atomic mass is 9.87. The molecule has 0 spiro atoms. The molecule has 2 saturated carbocycles. The first-order valence-corrected chi connectivity index (χ1v) is 11.9. The number of rotatable bonds is 8. The molecule has 2 heterocycles. The van der Waals surface area contributed by atoms with Crippen molar-refractivity contribution >= 4 is 12.1 Å². The summed E-state index contributed by atoms with van der Waals surface area (Å²) in [6.45, 7) is 4.78. The van der Waals surface area contributed by atoms with Gasteiger partial charge in [-0.3, -0.25) is 4.79 Å². The van der Waals surface area contributed by atoms with Crippen LogP contribution >= 0.6 is 0 Å². The molecule has 10 heteroatoms. The smallest absolute Gasteiger partial charge is 0.409 e. The van der Waals surface area contributed by atoms with E-state index in [1.807, 2.05) is 13.0 Å². The number of carboxylic acid groups (broad SMARTS) is 1. The second kappa shape index (κ2) is 9.99. The van der Waals surface area contributed by atoms with Gasteiger partial charge >= 0.3 is 12.1 Å². The number of pyridine rings is 1. The van der Waals surface area contributed by atoms with Crippen LogP contribution in [0, 0.1) is 24.7 Å². The van der Waals surface area contributed by atoms with E-state index in [1.165, 1.54) is 0 Å². The van der Waals surface area contributed by atoms with Crippen LogP contribution < -0.4 is 4.74 Å². The summed E-state index contributed by atoms with van der Waals surface area (Å²) < 4.78 is 13.2. The third kappa shape index (κ3) is 5.48. The number of carbonyl (C=O) groups is 2. The first kappa shape index (κ1) is 24.0. The Morgan fingerprint density at radius 2 is 2.03 bits per heavy atom. The fraction of sp³-hybridized carbons (Fsp3) is 0.625. The molecule has 34 heavy (non-hydrogen) atoms. The highest BCUT2D eigenvalue weighted by molar-refractivity contribution is 5.70. The average molecular weight is 472 g/mol. The molecule has 184 valence electrons. The standard InChI is InChI=1S/C24H33N5O5/c1-14-10-17(14)12-28(3)24(32)33-13-20-22(26-27-29(20)4)19-8-9-21(15(2)25-19)34-18-7-5-6-16(11-18)23(30)31/h8-9,14,16-18H,5-7,10-13H2,1-4H3,(H,30,31)/t14-,16+,17+,18-/m0/s1. The molecular formula is C24H33N5O5. The van der Waals surface area contributed by atoms with Crippen molar-refractivity contribution in [2.45, 2.75) is 58.7 Å². The van der Waals surface area contributed by atoms with Crippen molar-refractivity contribution in [1.29, 1.82) is 0 Å². The van der Waals surface area contributed by atoms with Crippen molar-refractivity contribution in [1.82, 2.24) is 24.9 Å². The van der Waals surface area contributed by atoms with E-state index in [1.54, 1.807) is 29.7 Å². The molecule has 1 N–H and O–H groups in total. The number of carboxylic acids is 1. The maximum Gasteiger partial charge on any atom is 0.409 e. The Labute approximate surface area is 199 Å². The molecule has 2 aromatic heterocycles. The zero-order valence-electron chi connectivity index (χ0n) is 20.2. The lowest BCUT2D eigenvalue weighted by molar-refractivity contribution is -0.143. The van der Waals surface area contributed by atoms with Crippen LogP contribution in [0.5, 0.6) is 5.75 Å². The predicted molar refractivity (Wildman–Crippen MR) is 123 cm³/mol. The van der Waals surface area contributed by atoms with Gasteiger partial charge in [-0.1, -0.05) is 12.1 Å². The lowest BCUT2D eigenvalue weighted by Crippen LogP contribution is -2.30. The van der Waals surface area contributed by atoms with Crippen molar-refractivity contribution in [3.63, 3.8) is 0 Å². The zero-order valence-corrected chi connectivity index (χ0v) is 20.2. The number of carbonyl (C=O) groups excluding carboxylic acids is 1. The second-order valence-corrected chi connectivity index (χ2v) is 9.64. The Bertz CT molecular complexity index is 1050. The number of amides is 1. The van der Waals surface area contributed by atoms with Crippen LogP contribution in [-0.4, -0.2) is 61.7 Å². The molecule has 0 aromatic carbocycles. The van der Waals surface area contributed by atoms with Crippen LogP contribution in [0.4, 0.5) is 4.79 Å². The van der Waals surface area contributed by atoms with E-state index in [4.69, 9.17) is 9.47 Å². The van der Waals surface area contributed by atoms with E-state index in [9.17, 15) is 14.7 Å². The quantitative estimate of drug-likeness (QED) is 0.622. The first-order chi connectivity index (χ1) is 16.2. The highest BCUT2D eigenvalue weighted by atomic mass is 16.6. The van der Waals surface area contributed by atoms with Crippen molar-refractivity contribution in [3.05, 3.63) is 23.5 Å². The molecule has 0 aliphatic heterocycles. The number of aromatic nitrogens is 4. The largest absolute Gasteiger partial charge is 0.489 e. The summed E-state index contributed by atoms with van der Waals surface area (Å²) in [6, 6.07) is 3.63. The predicted octanol–water partition coefficient (Wildman–Crippen LogP) is 3.43. The Hall–Kier alpha value is -3.17. The minimum Gasteiger partial charge on any atom is -0.489 e. The lowest BCUT2D eigenvalue weighted by Gasteiger charge is -2.27. The minimum absolute atomic E-state index is 0.0415. The minimum atomic E-state index is -0.761.